The molecule has 32 heavy (non-hydrogen) atoms. The van der Waals surface area contributed by atoms with E-state index in [0.29, 0.717) is 22.6 Å². The fraction of sp³-hybridized carbons (Fsp3) is 0.174. The van der Waals surface area contributed by atoms with Crippen LogP contribution in [0.5, 0.6) is 0 Å². The second kappa shape index (κ2) is 8.56. The SMILES string of the molecule is O=C(Nc1ccc(N2CCNCC2)cc1)Nc1ccc2c(c1)NC(=O)/C2=C\c1cnc[nH]1. The molecule has 0 radical (unpaired) electrons. The van der Waals surface area contributed by atoms with Gasteiger partial charge in [0.15, 0.2) is 0 Å². The average Bonchev–Trinajstić information content (AvgIpc) is 3.43. The number of nitrogens with one attached hydrogen (secondary N) is 5. The van der Waals surface area contributed by atoms with Crippen molar-refractivity contribution < 1.29 is 9.59 Å². The number of hydrogen-bond donors (Lipinski definition) is 5. The van der Waals surface area contributed by atoms with E-state index in [4.69, 9.17) is 0 Å². The van der Waals surface area contributed by atoms with Crippen LogP contribution in [0.15, 0.2) is 55.0 Å². The third-order valence-corrected chi connectivity index (χ3v) is 5.49. The highest BCUT2D eigenvalue weighted by Crippen LogP contribution is 2.34. The van der Waals surface area contributed by atoms with Crippen LogP contribution >= 0.6 is 0 Å². The summed E-state index contributed by atoms with van der Waals surface area (Å²) >= 11 is 0. The lowest BCUT2D eigenvalue weighted by Crippen LogP contribution is -2.43. The van der Waals surface area contributed by atoms with E-state index in [9.17, 15) is 9.59 Å². The van der Waals surface area contributed by atoms with Gasteiger partial charge < -0.3 is 31.2 Å². The van der Waals surface area contributed by atoms with E-state index in [1.165, 1.54) is 0 Å². The van der Waals surface area contributed by atoms with Crippen LogP contribution in [0.4, 0.5) is 27.5 Å². The van der Waals surface area contributed by atoms with Crippen LogP contribution in [0.2, 0.25) is 0 Å². The number of amides is 3. The largest absolute Gasteiger partial charge is 0.369 e. The van der Waals surface area contributed by atoms with Crippen molar-refractivity contribution in [2.75, 3.05) is 47.0 Å². The summed E-state index contributed by atoms with van der Waals surface area (Å²) in [6.45, 7) is 3.90. The van der Waals surface area contributed by atoms with Crippen molar-refractivity contribution in [2.24, 2.45) is 0 Å². The lowest BCUT2D eigenvalue weighted by molar-refractivity contribution is -0.110. The fourth-order valence-electron chi connectivity index (χ4n) is 3.89. The zero-order chi connectivity index (χ0) is 21.9. The van der Waals surface area contributed by atoms with Gasteiger partial charge in [0.2, 0.25) is 0 Å². The maximum absolute atomic E-state index is 12.5. The summed E-state index contributed by atoms with van der Waals surface area (Å²) in [5, 5.41) is 11.8. The Hall–Kier alpha value is -4.11. The number of aromatic nitrogens is 2. The van der Waals surface area contributed by atoms with Crippen molar-refractivity contribution in [2.45, 2.75) is 0 Å². The van der Waals surface area contributed by atoms with Gasteiger partial charge in [0.05, 0.1) is 29.5 Å². The molecular formula is C23H23N7O2. The molecule has 2 aliphatic heterocycles. The average molecular weight is 429 g/mol. The van der Waals surface area contributed by atoms with Crippen LogP contribution in [0, 0.1) is 0 Å². The quantitative estimate of drug-likeness (QED) is 0.409. The number of carbonyl (C=O) groups is 2. The van der Waals surface area contributed by atoms with E-state index in [1.807, 2.05) is 30.3 Å². The molecule has 3 aromatic rings. The Morgan fingerprint density at radius 1 is 1.03 bits per heavy atom. The first-order valence-corrected chi connectivity index (χ1v) is 10.5. The summed E-state index contributed by atoms with van der Waals surface area (Å²) < 4.78 is 0. The van der Waals surface area contributed by atoms with Crippen LogP contribution in [-0.4, -0.2) is 48.1 Å². The molecule has 3 amide bonds. The molecule has 162 valence electrons. The maximum atomic E-state index is 12.5. The molecule has 1 saturated heterocycles. The van der Waals surface area contributed by atoms with Gasteiger partial charge in [0.25, 0.3) is 5.91 Å². The van der Waals surface area contributed by atoms with E-state index in [2.05, 4.69) is 36.1 Å². The molecule has 0 unspecified atom stereocenters. The number of urea groups is 1. The normalized spacial score (nSPS) is 16.6. The number of fused-ring (bicyclic) bond motifs is 1. The monoisotopic (exact) mass is 429 g/mol. The summed E-state index contributed by atoms with van der Waals surface area (Å²) in [6, 6.07) is 12.8. The lowest BCUT2D eigenvalue weighted by Gasteiger charge is -2.29. The summed E-state index contributed by atoms with van der Waals surface area (Å²) in [6.07, 6.45) is 4.96. The number of aromatic amines is 1. The number of anilines is 4. The van der Waals surface area contributed by atoms with Crippen LogP contribution in [-0.2, 0) is 4.79 Å². The number of rotatable bonds is 4. The fourth-order valence-corrected chi connectivity index (χ4v) is 3.89. The zero-order valence-electron chi connectivity index (χ0n) is 17.3. The Morgan fingerprint density at radius 3 is 2.53 bits per heavy atom. The summed E-state index contributed by atoms with van der Waals surface area (Å²) in [7, 11) is 0. The van der Waals surface area contributed by atoms with Gasteiger partial charge in [-0.3, -0.25) is 4.79 Å². The highest BCUT2D eigenvalue weighted by Gasteiger charge is 2.24. The molecule has 0 aliphatic carbocycles. The number of hydrogen-bond acceptors (Lipinski definition) is 5. The highest BCUT2D eigenvalue weighted by molar-refractivity contribution is 6.35. The summed E-state index contributed by atoms with van der Waals surface area (Å²) in [4.78, 5) is 34.0. The third kappa shape index (κ3) is 4.19. The smallest absolute Gasteiger partial charge is 0.323 e. The Kier molecular flexibility index (Phi) is 5.30. The first kappa shape index (κ1) is 19.8. The van der Waals surface area contributed by atoms with Gasteiger partial charge in [-0.05, 0) is 42.5 Å². The van der Waals surface area contributed by atoms with Gasteiger partial charge in [0.1, 0.15) is 0 Å². The van der Waals surface area contributed by atoms with E-state index in [-0.39, 0.29) is 11.9 Å². The molecule has 0 bridgehead atoms. The Morgan fingerprint density at radius 2 is 1.78 bits per heavy atom. The molecule has 0 saturated carbocycles. The third-order valence-electron chi connectivity index (χ3n) is 5.49. The standard InChI is InChI=1S/C23H23N7O2/c31-22-20(11-17-13-25-14-26-17)19-6-3-16(12-21(19)29-22)28-23(32)27-15-1-4-18(5-2-15)30-9-7-24-8-10-30/h1-6,11-14,24H,7-10H2,(H,25,26)(H,29,31)(H2,27,28,32)/b20-11-. The Bertz CT molecular complexity index is 1160. The number of imidazole rings is 1. The maximum Gasteiger partial charge on any atom is 0.323 e. The second-order valence-electron chi connectivity index (χ2n) is 7.64. The number of H-pyrrole nitrogens is 1. The lowest BCUT2D eigenvalue weighted by atomic mass is 10.1. The molecular weight excluding hydrogens is 406 g/mol. The van der Waals surface area contributed by atoms with Gasteiger partial charge in [-0.1, -0.05) is 6.07 Å². The van der Waals surface area contributed by atoms with Crippen molar-refractivity contribution in [3.05, 3.63) is 66.2 Å². The first-order chi connectivity index (χ1) is 15.7. The minimum Gasteiger partial charge on any atom is -0.369 e. The first-order valence-electron chi connectivity index (χ1n) is 10.5. The van der Waals surface area contributed by atoms with Crippen molar-refractivity contribution in [3.63, 3.8) is 0 Å². The van der Waals surface area contributed by atoms with Crippen molar-refractivity contribution in [1.29, 1.82) is 0 Å². The molecule has 1 aromatic heterocycles. The van der Waals surface area contributed by atoms with Crippen molar-refractivity contribution in [1.82, 2.24) is 15.3 Å². The van der Waals surface area contributed by atoms with Crippen LogP contribution in [0.1, 0.15) is 11.3 Å². The molecule has 9 heteroatoms. The molecule has 9 nitrogen and oxygen atoms in total. The van der Waals surface area contributed by atoms with E-state index in [0.717, 1.165) is 43.1 Å². The zero-order valence-corrected chi connectivity index (χ0v) is 17.3. The number of piperazine rings is 1. The molecule has 3 heterocycles. The van der Waals surface area contributed by atoms with Gasteiger partial charge in [-0.15, -0.1) is 0 Å². The predicted molar refractivity (Wildman–Crippen MR) is 126 cm³/mol. The van der Waals surface area contributed by atoms with Gasteiger partial charge in [0, 0.05) is 48.8 Å². The molecule has 2 aliphatic rings. The van der Waals surface area contributed by atoms with E-state index >= 15 is 0 Å². The van der Waals surface area contributed by atoms with E-state index < -0.39 is 0 Å². The molecule has 2 aromatic carbocycles. The number of carbonyl (C=O) groups excluding carboxylic acids is 2. The minimum atomic E-state index is -0.350. The van der Waals surface area contributed by atoms with Crippen LogP contribution in [0.25, 0.3) is 11.6 Å². The molecule has 5 rings (SSSR count). The van der Waals surface area contributed by atoms with Gasteiger partial charge in [-0.2, -0.15) is 0 Å². The van der Waals surface area contributed by atoms with Crippen LogP contribution < -0.4 is 26.2 Å². The Labute approximate surface area is 184 Å². The van der Waals surface area contributed by atoms with Gasteiger partial charge in [-0.25, -0.2) is 9.78 Å². The van der Waals surface area contributed by atoms with Crippen LogP contribution in [0.3, 0.4) is 0 Å². The van der Waals surface area contributed by atoms with Gasteiger partial charge >= 0.3 is 6.03 Å². The second-order valence-corrected chi connectivity index (χ2v) is 7.64. The molecule has 1 fully saturated rings. The summed E-state index contributed by atoms with van der Waals surface area (Å²) in [5.41, 5.74) is 5.16. The minimum absolute atomic E-state index is 0.194. The number of benzene rings is 2. The highest BCUT2D eigenvalue weighted by atomic mass is 16.2. The summed E-state index contributed by atoms with van der Waals surface area (Å²) in [5.74, 6) is -0.194. The Balaban J connectivity index is 1.24. The molecule has 0 spiro atoms. The van der Waals surface area contributed by atoms with E-state index in [1.54, 1.807) is 30.7 Å². The molecule has 0 atom stereocenters. The topological polar surface area (TPSA) is 114 Å². The number of nitrogens with zero attached hydrogens (tertiary/aromatic N) is 2. The van der Waals surface area contributed by atoms with Crippen molar-refractivity contribution >= 4 is 46.3 Å². The molecule has 5 N–H and O–H groups in total. The predicted octanol–water partition coefficient (Wildman–Crippen LogP) is 2.96. The van der Waals surface area contributed by atoms with Crippen molar-refractivity contribution in [3.8, 4) is 0 Å².